The van der Waals surface area contributed by atoms with Gasteiger partial charge in [0.05, 0.1) is 29.4 Å². The van der Waals surface area contributed by atoms with Crippen molar-refractivity contribution < 1.29 is 9.84 Å². The van der Waals surface area contributed by atoms with Gasteiger partial charge in [0.2, 0.25) is 0 Å². The first-order valence-electron chi connectivity index (χ1n) is 10.5. The molecule has 0 aromatic heterocycles. The van der Waals surface area contributed by atoms with E-state index in [2.05, 4.69) is 27.0 Å². The van der Waals surface area contributed by atoms with Crippen molar-refractivity contribution in [2.45, 2.75) is 12.2 Å². The summed E-state index contributed by atoms with van der Waals surface area (Å²) in [6.07, 6.45) is 7.00. The van der Waals surface area contributed by atoms with Crippen LogP contribution in [-0.4, -0.2) is 17.5 Å². The number of allylic oxidation sites excluding steroid dienone is 1. The zero-order valence-electron chi connectivity index (χ0n) is 18.2. The molecule has 0 amide bonds. The van der Waals surface area contributed by atoms with Gasteiger partial charge in [-0.05, 0) is 48.6 Å². The van der Waals surface area contributed by atoms with Gasteiger partial charge in [-0.25, -0.2) is 0 Å². The van der Waals surface area contributed by atoms with Crippen molar-refractivity contribution in [1.82, 2.24) is 0 Å². The molecule has 166 valence electrons. The number of benzene rings is 3. The third kappa shape index (κ3) is 8.57. The number of hydrogen-bond donors (Lipinski definition) is 1. The molecule has 1 aliphatic carbocycles. The summed E-state index contributed by atoms with van der Waals surface area (Å²) in [7, 11) is 0. The number of azo groups is 2. The summed E-state index contributed by atoms with van der Waals surface area (Å²) >= 11 is 0. The van der Waals surface area contributed by atoms with E-state index in [4.69, 9.17) is 4.74 Å². The Hall–Kier alpha value is -4.00. The molecule has 0 aliphatic heterocycles. The van der Waals surface area contributed by atoms with Gasteiger partial charge in [-0.15, -0.1) is 6.58 Å². The fraction of sp³-hybridized carbons (Fsp3) is 0.111. The van der Waals surface area contributed by atoms with Crippen LogP contribution >= 0.6 is 0 Å². The Morgan fingerprint density at radius 1 is 0.758 bits per heavy atom. The van der Waals surface area contributed by atoms with Crippen LogP contribution in [0.2, 0.25) is 0 Å². The minimum atomic E-state index is -1.26. The second-order valence-corrected chi connectivity index (χ2v) is 7.02. The molecule has 0 radical (unpaired) electrons. The lowest BCUT2D eigenvalue weighted by molar-refractivity contribution is -0.156. The monoisotopic (exact) mass is 438 g/mol. The molecule has 33 heavy (non-hydrogen) atoms. The lowest BCUT2D eigenvalue weighted by Gasteiger charge is -2.25. The molecule has 0 saturated carbocycles. The van der Waals surface area contributed by atoms with Crippen LogP contribution in [0.4, 0.5) is 17.1 Å². The predicted molar refractivity (Wildman–Crippen MR) is 131 cm³/mol. The normalized spacial score (nSPS) is 17.4. The zero-order valence-corrected chi connectivity index (χ0v) is 18.2. The van der Waals surface area contributed by atoms with E-state index in [-0.39, 0.29) is 0 Å². The summed E-state index contributed by atoms with van der Waals surface area (Å²) in [6, 6.07) is 28.9. The second kappa shape index (κ2) is 12.8. The Balaban J connectivity index is 0.000000194. The van der Waals surface area contributed by atoms with Gasteiger partial charge in [0.15, 0.2) is 5.79 Å². The molecule has 1 N–H and O–H groups in total. The molecule has 1 atom stereocenters. The average molecular weight is 439 g/mol. The summed E-state index contributed by atoms with van der Waals surface area (Å²) in [5.74, 6) is -1.26. The van der Waals surface area contributed by atoms with Crippen molar-refractivity contribution in [2.75, 3.05) is 6.61 Å². The van der Waals surface area contributed by atoms with E-state index in [9.17, 15) is 5.11 Å². The number of ether oxygens (including phenoxy) is 1. The highest BCUT2D eigenvalue weighted by Crippen LogP contribution is 2.24. The number of nitrogens with zero attached hydrogens (tertiary/aromatic N) is 4. The van der Waals surface area contributed by atoms with Crippen LogP contribution in [0, 0.1) is 0 Å². The number of aliphatic hydroxyl groups is 1. The topological polar surface area (TPSA) is 78.9 Å². The molecule has 6 nitrogen and oxygen atoms in total. The van der Waals surface area contributed by atoms with Crippen molar-refractivity contribution >= 4 is 17.1 Å². The largest absolute Gasteiger partial charge is 0.362 e. The van der Waals surface area contributed by atoms with Gasteiger partial charge >= 0.3 is 0 Å². The lowest BCUT2D eigenvalue weighted by atomic mass is 10.1. The van der Waals surface area contributed by atoms with Gasteiger partial charge in [0.1, 0.15) is 0 Å². The molecule has 3 aromatic carbocycles. The first-order chi connectivity index (χ1) is 16.2. The molecule has 3 aromatic rings. The molecular weight excluding hydrogens is 412 g/mol. The van der Waals surface area contributed by atoms with Gasteiger partial charge in [0, 0.05) is 6.42 Å². The van der Waals surface area contributed by atoms with Crippen LogP contribution in [-0.2, 0) is 4.74 Å². The molecular formula is C27H26N4O2. The Kier molecular flexibility index (Phi) is 9.15. The van der Waals surface area contributed by atoms with E-state index in [1.54, 1.807) is 24.3 Å². The molecule has 0 spiro atoms. The van der Waals surface area contributed by atoms with E-state index in [1.165, 1.54) is 0 Å². The van der Waals surface area contributed by atoms with Crippen LogP contribution in [0.5, 0.6) is 0 Å². The minimum absolute atomic E-state index is 0.301. The maximum atomic E-state index is 10.0. The van der Waals surface area contributed by atoms with E-state index < -0.39 is 5.79 Å². The maximum absolute atomic E-state index is 10.0. The maximum Gasteiger partial charge on any atom is 0.189 e. The highest BCUT2D eigenvalue weighted by atomic mass is 16.6. The van der Waals surface area contributed by atoms with Gasteiger partial charge in [0.25, 0.3) is 0 Å². The van der Waals surface area contributed by atoms with Crippen LogP contribution < -0.4 is 0 Å². The Labute approximate surface area is 194 Å². The Bertz CT molecular complexity index is 1070. The standard InChI is InChI=1S/C15H16N2O2.C12H10N2/c1-2-12-19-15(18)10-8-14(9-11-15)17-16-13-6-4-3-5-7-13;1-3-7-11(8-4-1)13-14-12-9-5-2-6-10-12/h2-10,18H,1,11-12H2;1-10H. The van der Waals surface area contributed by atoms with Gasteiger partial charge < -0.3 is 9.84 Å². The predicted octanol–water partition coefficient (Wildman–Crippen LogP) is 7.61. The third-order valence-corrected chi connectivity index (χ3v) is 4.40. The molecule has 0 saturated heterocycles. The van der Waals surface area contributed by atoms with Gasteiger partial charge in [-0.1, -0.05) is 66.7 Å². The van der Waals surface area contributed by atoms with Crippen molar-refractivity contribution in [2.24, 2.45) is 20.5 Å². The van der Waals surface area contributed by atoms with Crippen LogP contribution in [0.3, 0.4) is 0 Å². The smallest absolute Gasteiger partial charge is 0.189 e. The van der Waals surface area contributed by atoms with Crippen LogP contribution in [0.15, 0.2) is 148 Å². The second-order valence-electron chi connectivity index (χ2n) is 7.02. The number of hydrogen-bond acceptors (Lipinski definition) is 6. The van der Waals surface area contributed by atoms with Crippen molar-refractivity contribution in [3.63, 3.8) is 0 Å². The molecule has 6 heteroatoms. The van der Waals surface area contributed by atoms with Crippen LogP contribution in [0.1, 0.15) is 6.42 Å². The van der Waals surface area contributed by atoms with E-state index >= 15 is 0 Å². The molecule has 0 heterocycles. The van der Waals surface area contributed by atoms with E-state index in [0.29, 0.717) is 18.7 Å². The highest BCUT2D eigenvalue weighted by Gasteiger charge is 2.25. The van der Waals surface area contributed by atoms with E-state index in [0.717, 1.165) is 17.1 Å². The van der Waals surface area contributed by atoms with Gasteiger partial charge in [-0.3, -0.25) is 0 Å². The average Bonchev–Trinajstić information content (AvgIpc) is 2.88. The molecule has 1 unspecified atom stereocenters. The quantitative estimate of drug-likeness (QED) is 0.234. The lowest BCUT2D eigenvalue weighted by Crippen LogP contribution is -2.30. The fourth-order valence-corrected chi connectivity index (χ4v) is 2.70. The first-order valence-corrected chi connectivity index (χ1v) is 10.5. The number of rotatable bonds is 7. The summed E-state index contributed by atoms with van der Waals surface area (Å²) in [6.45, 7) is 3.85. The molecule has 4 rings (SSSR count). The Morgan fingerprint density at radius 2 is 1.21 bits per heavy atom. The zero-order chi connectivity index (χ0) is 23.2. The fourth-order valence-electron chi connectivity index (χ4n) is 2.70. The SMILES string of the molecule is C=CCOC1(O)C=CC(N=Nc2ccccc2)=CC1.c1ccc(N=Nc2ccccc2)cc1. The summed E-state index contributed by atoms with van der Waals surface area (Å²) in [5.41, 5.74) is 3.24. The molecule has 0 fully saturated rings. The summed E-state index contributed by atoms with van der Waals surface area (Å²) < 4.78 is 5.26. The third-order valence-electron chi connectivity index (χ3n) is 4.40. The van der Waals surface area contributed by atoms with E-state index in [1.807, 2.05) is 91.0 Å². The summed E-state index contributed by atoms with van der Waals surface area (Å²) in [4.78, 5) is 0. The van der Waals surface area contributed by atoms with Crippen molar-refractivity contribution in [3.05, 3.63) is 128 Å². The Morgan fingerprint density at radius 3 is 1.61 bits per heavy atom. The minimum Gasteiger partial charge on any atom is -0.362 e. The first kappa shape index (κ1) is 23.7. The summed E-state index contributed by atoms with van der Waals surface area (Å²) in [5, 5.41) is 26.5. The van der Waals surface area contributed by atoms with Gasteiger partial charge in [-0.2, -0.15) is 20.5 Å². The van der Waals surface area contributed by atoms with Crippen molar-refractivity contribution in [3.8, 4) is 0 Å². The molecule has 0 bridgehead atoms. The molecule has 1 aliphatic rings. The highest BCUT2D eigenvalue weighted by molar-refractivity contribution is 5.39. The van der Waals surface area contributed by atoms with Crippen molar-refractivity contribution in [1.29, 1.82) is 0 Å². The van der Waals surface area contributed by atoms with Crippen LogP contribution in [0.25, 0.3) is 0 Å².